The first-order chi connectivity index (χ1) is 8.04. The van der Waals surface area contributed by atoms with Crippen LogP contribution in [0.15, 0.2) is 0 Å². The number of aliphatic carboxylic acids is 1. The third-order valence-corrected chi connectivity index (χ3v) is 2.65. The van der Waals surface area contributed by atoms with Crippen molar-refractivity contribution in [2.24, 2.45) is 0 Å². The number of rotatable bonds is 5. The summed E-state index contributed by atoms with van der Waals surface area (Å²) in [5, 5.41) is 20.0. The second-order valence-electron chi connectivity index (χ2n) is 3.99. The SMILES string of the molecule is CN(CCO)C(=O)NCC1CCC(C(=O)O)O1. The number of aliphatic hydroxyl groups excluding tert-OH is 1. The van der Waals surface area contributed by atoms with Gasteiger partial charge in [0.25, 0.3) is 0 Å². The number of carbonyl (C=O) groups excluding carboxylic acids is 1. The lowest BCUT2D eigenvalue weighted by Crippen LogP contribution is -2.42. The molecule has 0 spiro atoms. The van der Waals surface area contributed by atoms with E-state index in [0.29, 0.717) is 19.4 Å². The third-order valence-electron chi connectivity index (χ3n) is 2.65. The molecule has 7 nitrogen and oxygen atoms in total. The minimum Gasteiger partial charge on any atom is -0.479 e. The Balaban J connectivity index is 2.23. The summed E-state index contributed by atoms with van der Waals surface area (Å²) in [6, 6.07) is -0.304. The summed E-state index contributed by atoms with van der Waals surface area (Å²) in [5.74, 6) is -0.962. The fourth-order valence-corrected chi connectivity index (χ4v) is 1.63. The highest BCUT2D eigenvalue weighted by atomic mass is 16.5. The molecule has 0 bridgehead atoms. The Bertz CT molecular complexity index is 284. The number of carboxylic acid groups (broad SMARTS) is 1. The molecule has 1 heterocycles. The van der Waals surface area contributed by atoms with Gasteiger partial charge >= 0.3 is 12.0 Å². The van der Waals surface area contributed by atoms with E-state index in [2.05, 4.69) is 5.32 Å². The maximum atomic E-state index is 11.4. The van der Waals surface area contributed by atoms with E-state index in [0.717, 1.165) is 0 Å². The lowest BCUT2D eigenvalue weighted by molar-refractivity contribution is -0.149. The molecule has 0 saturated carbocycles. The summed E-state index contributed by atoms with van der Waals surface area (Å²) in [5.41, 5.74) is 0. The monoisotopic (exact) mass is 246 g/mol. The number of hydrogen-bond acceptors (Lipinski definition) is 4. The lowest BCUT2D eigenvalue weighted by atomic mass is 10.2. The summed E-state index contributed by atoms with van der Waals surface area (Å²) < 4.78 is 5.23. The highest BCUT2D eigenvalue weighted by Gasteiger charge is 2.30. The second-order valence-corrected chi connectivity index (χ2v) is 3.99. The normalized spacial score (nSPS) is 23.4. The molecule has 2 unspecified atom stereocenters. The number of ether oxygens (including phenoxy) is 1. The van der Waals surface area contributed by atoms with E-state index in [-0.39, 0.29) is 25.3 Å². The van der Waals surface area contributed by atoms with Crippen LogP contribution in [0.1, 0.15) is 12.8 Å². The zero-order valence-electron chi connectivity index (χ0n) is 9.76. The molecule has 3 N–H and O–H groups in total. The van der Waals surface area contributed by atoms with Gasteiger partial charge in [-0.3, -0.25) is 0 Å². The van der Waals surface area contributed by atoms with Crippen molar-refractivity contribution >= 4 is 12.0 Å². The van der Waals surface area contributed by atoms with Crippen LogP contribution in [0.5, 0.6) is 0 Å². The topological polar surface area (TPSA) is 99.1 Å². The van der Waals surface area contributed by atoms with Crippen LogP contribution in [-0.2, 0) is 9.53 Å². The molecule has 1 rings (SSSR count). The van der Waals surface area contributed by atoms with Crippen molar-refractivity contribution in [3.05, 3.63) is 0 Å². The van der Waals surface area contributed by atoms with Gasteiger partial charge in [-0.2, -0.15) is 0 Å². The molecule has 17 heavy (non-hydrogen) atoms. The molecule has 98 valence electrons. The van der Waals surface area contributed by atoms with Crippen LogP contribution in [0.3, 0.4) is 0 Å². The van der Waals surface area contributed by atoms with E-state index < -0.39 is 12.1 Å². The van der Waals surface area contributed by atoms with Crippen molar-refractivity contribution in [3.8, 4) is 0 Å². The van der Waals surface area contributed by atoms with Gasteiger partial charge < -0.3 is 25.2 Å². The van der Waals surface area contributed by atoms with Gasteiger partial charge in [-0.15, -0.1) is 0 Å². The summed E-state index contributed by atoms with van der Waals surface area (Å²) >= 11 is 0. The van der Waals surface area contributed by atoms with Crippen molar-refractivity contribution in [1.29, 1.82) is 0 Å². The quantitative estimate of drug-likeness (QED) is 0.593. The van der Waals surface area contributed by atoms with E-state index in [4.69, 9.17) is 14.9 Å². The predicted molar refractivity (Wildman–Crippen MR) is 58.6 cm³/mol. The lowest BCUT2D eigenvalue weighted by Gasteiger charge is -2.18. The highest BCUT2D eigenvalue weighted by molar-refractivity contribution is 5.74. The molecule has 1 fully saturated rings. The average Bonchev–Trinajstić information content (AvgIpc) is 2.75. The highest BCUT2D eigenvalue weighted by Crippen LogP contribution is 2.19. The minimum absolute atomic E-state index is 0.0923. The van der Waals surface area contributed by atoms with Crippen molar-refractivity contribution in [2.75, 3.05) is 26.7 Å². The number of likely N-dealkylation sites (N-methyl/N-ethyl adjacent to an activating group) is 1. The molecule has 7 heteroatoms. The van der Waals surface area contributed by atoms with Crippen LogP contribution in [-0.4, -0.2) is 66.1 Å². The first kappa shape index (κ1) is 13.7. The molecule has 0 aliphatic carbocycles. The van der Waals surface area contributed by atoms with Gasteiger partial charge in [0.2, 0.25) is 0 Å². The van der Waals surface area contributed by atoms with Crippen molar-refractivity contribution in [1.82, 2.24) is 10.2 Å². The van der Waals surface area contributed by atoms with E-state index in [9.17, 15) is 9.59 Å². The van der Waals surface area contributed by atoms with E-state index in [1.165, 1.54) is 4.90 Å². The summed E-state index contributed by atoms with van der Waals surface area (Å²) in [6.07, 6.45) is 0.0956. The second kappa shape index (κ2) is 6.41. The third kappa shape index (κ3) is 4.20. The van der Waals surface area contributed by atoms with Gasteiger partial charge in [-0.05, 0) is 12.8 Å². The first-order valence-electron chi connectivity index (χ1n) is 5.52. The van der Waals surface area contributed by atoms with Crippen LogP contribution in [0.4, 0.5) is 4.79 Å². The number of amides is 2. The van der Waals surface area contributed by atoms with Crippen LogP contribution < -0.4 is 5.32 Å². The number of urea groups is 1. The minimum atomic E-state index is -0.962. The fraction of sp³-hybridized carbons (Fsp3) is 0.800. The fourth-order valence-electron chi connectivity index (χ4n) is 1.63. The predicted octanol–water partition coefficient (Wildman–Crippen LogP) is -0.748. The summed E-state index contributed by atoms with van der Waals surface area (Å²) in [6.45, 7) is 0.457. The average molecular weight is 246 g/mol. The maximum absolute atomic E-state index is 11.4. The van der Waals surface area contributed by atoms with E-state index >= 15 is 0 Å². The molecule has 0 aromatic rings. The Hall–Kier alpha value is -1.34. The van der Waals surface area contributed by atoms with E-state index in [1.54, 1.807) is 7.05 Å². The molecule has 0 radical (unpaired) electrons. The van der Waals surface area contributed by atoms with Crippen molar-refractivity contribution in [3.63, 3.8) is 0 Å². The molecule has 2 amide bonds. The number of hydrogen-bond donors (Lipinski definition) is 3. The molecule has 0 aromatic carbocycles. The molecule has 1 aliphatic heterocycles. The Morgan fingerprint density at radius 2 is 2.18 bits per heavy atom. The molecular weight excluding hydrogens is 228 g/mol. The molecule has 2 atom stereocenters. The molecule has 1 saturated heterocycles. The number of carboxylic acids is 1. The zero-order valence-corrected chi connectivity index (χ0v) is 9.76. The first-order valence-corrected chi connectivity index (χ1v) is 5.52. The van der Waals surface area contributed by atoms with Gasteiger partial charge in [0.1, 0.15) is 0 Å². The Morgan fingerprint density at radius 1 is 1.47 bits per heavy atom. The van der Waals surface area contributed by atoms with Crippen LogP contribution in [0, 0.1) is 0 Å². The molecular formula is C10H18N2O5. The van der Waals surface area contributed by atoms with Gasteiger partial charge in [0, 0.05) is 20.1 Å². The Morgan fingerprint density at radius 3 is 2.71 bits per heavy atom. The molecule has 0 aromatic heterocycles. The number of carbonyl (C=O) groups is 2. The van der Waals surface area contributed by atoms with Crippen molar-refractivity contribution < 1.29 is 24.5 Å². The smallest absolute Gasteiger partial charge is 0.332 e. The summed E-state index contributed by atoms with van der Waals surface area (Å²) in [4.78, 5) is 23.4. The van der Waals surface area contributed by atoms with Crippen LogP contribution in [0.2, 0.25) is 0 Å². The number of aliphatic hydroxyl groups is 1. The van der Waals surface area contributed by atoms with Crippen LogP contribution in [0.25, 0.3) is 0 Å². The van der Waals surface area contributed by atoms with Gasteiger partial charge in [0.05, 0.1) is 12.7 Å². The van der Waals surface area contributed by atoms with Crippen LogP contribution >= 0.6 is 0 Å². The number of nitrogens with one attached hydrogen (secondary N) is 1. The standard InChI is InChI=1S/C10H18N2O5/c1-12(4-5-13)10(16)11-6-7-2-3-8(17-7)9(14)15/h7-8,13H,2-6H2,1H3,(H,11,16)(H,14,15). The Labute approximate surface area is 99.4 Å². The van der Waals surface area contributed by atoms with Gasteiger partial charge in [-0.1, -0.05) is 0 Å². The maximum Gasteiger partial charge on any atom is 0.332 e. The Kier molecular flexibility index (Phi) is 5.17. The van der Waals surface area contributed by atoms with Crippen molar-refractivity contribution in [2.45, 2.75) is 25.0 Å². The largest absolute Gasteiger partial charge is 0.479 e. The zero-order chi connectivity index (χ0) is 12.8. The molecule has 1 aliphatic rings. The van der Waals surface area contributed by atoms with E-state index in [1.807, 2.05) is 0 Å². The van der Waals surface area contributed by atoms with Gasteiger partial charge in [-0.25, -0.2) is 9.59 Å². The van der Waals surface area contributed by atoms with Gasteiger partial charge in [0.15, 0.2) is 6.10 Å². The summed E-state index contributed by atoms with van der Waals surface area (Å²) in [7, 11) is 1.57. The number of nitrogens with zero attached hydrogens (tertiary/aromatic N) is 1.